The third kappa shape index (κ3) is 1.76. The maximum Gasteiger partial charge on any atom is 0.213 e. The molecule has 0 aromatic carbocycles. The van der Waals surface area contributed by atoms with Crippen LogP contribution in [-0.4, -0.2) is 14.9 Å². The Morgan fingerprint density at radius 1 is 1.29 bits per heavy atom. The summed E-state index contributed by atoms with van der Waals surface area (Å²) < 4.78 is 1.70. The van der Waals surface area contributed by atoms with Crippen LogP contribution in [-0.2, 0) is 6.42 Å². The summed E-state index contributed by atoms with van der Waals surface area (Å²) in [5, 5.41) is 14.4. The van der Waals surface area contributed by atoms with Crippen molar-refractivity contribution in [2.75, 3.05) is 0 Å². The lowest BCUT2D eigenvalue weighted by molar-refractivity contribution is 0.373. The van der Waals surface area contributed by atoms with Crippen LogP contribution in [0.3, 0.4) is 0 Å². The Labute approximate surface area is 85.8 Å². The van der Waals surface area contributed by atoms with Crippen molar-refractivity contribution in [2.24, 2.45) is 0 Å². The molecule has 0 aliphatic heterocycles. The Bertz CT molecular complexity index is 313. The topological polar surface area (TPSA) is 38.0 Å². The normalized spacial score (nSPS) is 11.6. The zero-order valence-electron chi connectivity index (χ0n) is 9.70. The van der Waals surface area contributed by atoms with Gasteiger partial charge in [-0.15, -0.1) is 0 Å². The molecule has 0 saturated heterocycles. The fourth-order valence-corrected chi connectivity index (χ4v) is 1.64. The van der Waals surface area contributed by atoms with Gasteiger partial charge in [-0.2, -0.15) is 5.10 Å². The van der Waals surface area contributed by atoms with Crippen LogP contribution in [0.15, 0.2) is 0 Å². The lowest BCUT2D eigenvalue weighted by Gasteiger charge is -2.06. The highest BCUT2D eigenvalue weighted by atomic mass is 16.3. The molecular formula is C11H20N2O. The van der Waals surface area contributed by atoms with E-state index in [0.717, 1.165) is 17.7 Å². The number of hydrogen-bond donors (Lipinski definition) is 1. The van der Waals surface area contributed by atoms with Gasteiger partial charge in [0.25, 0.3) is 0 Å². The van der Waals surface area contributed by atoms with Crippen molar-refractivity contribution in [3.8, 4) is 5.88 Å². The van der Waals surface area contributed by atoms with E-state index >= 15 is 0 Å². The first-order chi connectivity index (χ1) is 6.49. The highest BCUT2D eigenvalue weighted by Crippen LogP contribution is 2.29. The molecule has 3 nitrogen and oxygen atoms in total. The van der Waals surface area contributed by atoms with Crippen molar-refractivity contribution in [1.29, 1.82) is 0 Å². The van der Waals surface area contributed by atoms with E-state index in [1.165, 1.54) is 0 Å². The van der Waals surface area contributed by atoms with Gasteiger partial charge < -0.3 is 5.11 Å². The van der Waals surface area contributed by atoms with Crippen LogP contribution in [0.25, 0.3) is 0 Å². The Hall–Kier alpha value is -0.990. The standard InChI is InChI=1S/C11H20N2O/c1-6-9-10(7(2)3)12-13(8(4)5)11(9)14/h7-8,14H,6H2,1-5H3. The monoisotopic (exact) mass is 196 g/mol. The van der Waals surface area contributed by atoms with Crippen molar-refractivity contribution in [3.05, 3.63) is 11.3 Å². The van der Waals surface area contributed by atoms with Gasteiger partial charge in [0.15, 0.2) is 0 Å². The molecule has 0 bridgehead atoms. The molecule has 0 radical (unpaired) electrons. The molecule has 0 fully saturated rings. The number of aromatic hydroxyl groups is 1. The van der Waals surface area contributed by atoms with Crippen molar-refractivity contribution in [3.63, 3.8) is 0 Å². The average Bonchev–Trinajstić information content (AvgIpc) is 2.42. The summed E-state index contributed by atoms with van der Waals surface area (Å²) in [5.74, 6) is 0.710. The first kappa shape index (κ1) is 11.1. The molecule has 0 unspecified atom stereocenters. The highest BCUT2D eigenvalue weighted by molar-refractivity contribution is 5.32. The molecule has 14 heavy (non-hydrogen) atoms. The van der Waals surface area contributed by atoms with E-state index in [1.807, 2.05) is 20.8 Å². The highest BCUT2D eigenvalue weighted by Gasteiger charge is 2.18. The average molecular weight is 196 g/mol. The smallest absolute Gasteiger partial charge is 0.213 e. The second-order valence-electron chi connectivity index (χ2n) is 4.23. The minimum Gasteiger partial charge on any atom is -0.493 e. The first-order valence-corrected chi connectivity index (χ1v) is 5.29. The molecule has 1 rings (SSSR count). The molecule has 1 heterocycles. The molecule has 0 saturated carbocycles. The second-order valence-corrected chi connectivity index (χ2v) is 4.23. The van der Waals surface area contributed by atoms with Crippen molar-refractivity contribution >= 4 is 0 Å². The van der Waals surface area contributed by atoms with Crippen LogP contribution >= 0.6 is 0 Å². The molecule has 0 aliphatic carbocycles. The molecule has 1 aromatic rings. The first-order valence-electron chi connectivity index (χ1n) is 5.29. The predicted octanol–water partition coefficient (Wildman–Crippen LogP) is 2.86. The summed E-state index contributed by atoms with van der Waals surface area (Å²) in [4.78, 5) is 0. The van der Waals surface area contributed by atoms with Gasteiger partial charge in [0.2, 0.25) is 5.88 Å². The van der Waals surface area contributed by atoms with E-state index in [0.29, 0.717) is 11.8 Å². The Morgan fingerprint density at radius 3 is 2.14 bits per heavy atom. The quantitative estimate of drug-likeness (QED) is 0.807. The lowest BCUT2D eigenvalue weighted by atomic mass is 10.0. The molecule has 0 spiro atoms. The van der Waals surface area contributed by atoms with Crippen molar-refractivity contribution in [1.82, 2.24) is 9.78 Å². The molecule has 1 N–H and O–H groups in total. The number of hydrogen-bond acceptors (Lipinski definition) is 2. The molecule has 1 aromatic heterocycles. The third-order valence-corrected chi connectivity index (χ3v) is 2.40. The van der Waals surface area contributed by atoms with Crippen LogP contribution in [0.2, 0.25) is 0 Å². The van der Waals surface area contributed by atoms with Gasteiger partial charge in [0, 0.05) is 5.56 Å². The summed E-state index contributed by atoms with van der Waals surface area (Å²) >= 11 is 0. The van der Waals surface area contributed by atoms with Gasteiger partial charge in [-0.1, -0.05) is 20.8 Å². The third-order valence-electron chi connectivity index (χ3n) is 2.40. The Morgan fingerprint density at radius 2 is 1.86 bits per heavy atom. The summed E-state index contributed by atoms with van der Waals surface area (Å²) in [6, 6.07) is 0.216. The summed E-state index contributed by atoms with van der Waals surface area (Å²) in [5.41, 5.74) is 2.02. The minimum atomic E-state index is 0.216. The number of rotatable bonds is 3. The second kappa shape index (κ2) is 4.03. The maximum atomic E-state index is 9.93. The molecule has 0 amide bonds. The van der Waals surface area contributed by atoms with Gasteiger partial charge in [-0.05, 0) is 26.2 Å². The maximum absolute atomic E-state index is 9.93. The summed E-state index contributed by atoms with van der Waals surface area (Å²) in [7, 11) is 0. The van der Waals surface area contributed by atoms with E-state index in [1.54, 1.807) is 4.68 Å². The molecule has 3 heteroatoms. The zero-order valence-corrected chi connectivity index (χ0v) is 9.70. The largest absolute Gasteiger partial charge is 0.493 e. The lowest BCUT2D eigenvalue weighted by Crippen LogP contribution is -2.03. The fraction of sp³-hybridized carbons (Fsp3) is 0.727. The Balaban J connectivity index is 3.24. The predicted molar refractivity (Wildman–Crippen MR) is 57.7 cm³/mol. The van der Waals surface area contributed by atoms with E-state index in [9.17, 15) is 5.11 Å². The molecule has 80 valence electrons. The van der Waals surface area contributed by atoms with Gasteiger partial charge in [-0.3, -0.25) is 0 Å². The molecule has 0 aliphatic rings. The zero-order chi connectivity index (χ0) is 10.9. The van der Waals surface area contributed by atoms with Crippen LogP contribution in [0, 0.1) is 0 Å². The summed E-state index contributed by atoms with van der Waals surface area (Å²) in [6.07, 6.45) is 0.839. The van der Waals surface area contributed by atoms with Gasteiger partial charge in [-0.25, -0.2) is 4.68 Å². The summed E-state index contributed by atoms with van der Waals surface area (Å²) in [6.45, 7) is 10.3. The fourth-order valence-electron chi connectivity index (χ4n) is 1.64. The van der Waals surface area contributed by atoms with Crippen molar-refractivity contribution in [2.45, 2.75) is 53.0 Å². The van der Waals surface area contributed by atoms with E-state index in [2.05, 4.69) is 18.9 Å². The van der Waals surface area contributed by atoms with Crippen LogP contribution in [0.5, 0.6) is 5.88 Å². The van der Waals surface area contributed by atoms with Crippen LogP contribution < -0.4 is 0 Å². The van der Waals surface area contributed by atoms with Gasteiger partial charge >= 0.3 is 0 Å². The van der Waals surface area contributed by atoms with Crippen LogP contribution in [0.1, 0.15) is 57.8 Å². The molecular weight excluding hydrogens is 176 g/mol. The number of nitrogens with zero attached hydrogens (tertiary/aromatic N) is 2. The minimum absolute atomic E-state index is 0.216. The van der Waals surface area contributed by atoms with Crippen LogP contribution in [0.4, 0.5) is 0 Å². The van der Waals surface area contributed by atoms with E-state index < -0.39 is 0 Å². The Kier molecular flexibility index (Phi) is 3.19. The van der Waals surface area contributed by atoms with E-state index in [4.69, 9.17) is 0 Å². The number of aromatic nitrogens is 2. The SMILES string of the molecule is CCc1c(C(C)C)nn(C(C)C)c1O. The molecule has 0 atom stereocenters. The van der Waals surface area contributed by atoms with Gasteiger partial charge in [0.1, 0.15) is 0 Å². The van der Waals surface area contributed by atoms with E-state index in [-0.39, 0.29) is 6.04 Å². The van der Waals surface area contributed by atoms with Gasteiger partial charge in [0.05, 0.1) is 11.7 Å². The van der Waals surface area contributed by atoms with Crippen molar-refractivity contribution < 1.29 is 5.11 Å².